The maximum atomic E-state index is 13.2. The summed E-state index contributed by atoms with van der Waals surface area (Å²) in [6.07, 6.45) is 7.09. The van der Waals surface area contributed by atoms with E-state index in [0.717, 1.165) is 31.1 Å². The van der Waals surface area contributed by atoms with Gasteiger partial charge in [-0.3, -0.25) is 4.79 Å². The zero-order valence-corrected chi connectivity index (χ0v) is 16.9. The van der Waals surface area contributed by atoms with Gasteiger partial charge in [0.05, 0.1) is 11.5 Å². The molecule has 4 aliphatic carbocycles. The van der Waals surface area contributed by atoms with Crippen LogP contribution in [-0.2, 0) is 4.79 Å². The minimum Gasteiger partial charge on any atom is -0.354 e. The first-order chi connectivity index (χ1) is 11.9. The van der Waals surface area contributed by atoms with Gasteiger partial charge in [-0.25, -0.2) is 0 Å². The number of amides is 1. The zero-order valence-electron chi connectivity index (χ0n) is 15.3. The van der Waals surface area contributed by atoms with Crippen molar-refractivity contribution in [1.82, 2.24) is 10.2 Å². The van der Waals surface area contributed by atoms with E-state index >= 15 is 0 Å². The fourth-order valence-electron chi connectivity index (χ4n) is 6.07. The normalized spacial score (nSPS) is 37.3. The van der Waals surface area contributed by atoms with Crippen molar-refractivity contribution in [1.29, 1.82) is 0 Å². The van der Waals surface area contributed by atoms with Gasteiger partial charge in [-0.15, -0.1) is 0 Å². The third-order valence-corrected chi connectivity index (χ3v) is 7.66. The summed E-state index contributed by atoms with van der Waals surface area (Å²) in [5.74, 6) is 1.78. The average molecular weight is 405 g/mol. The predicted molar refractivity (Wildman–Crippen MR) is 105 cm³/mol. The van der Waals surface area contributed by atoms with Crippen molar-refractivity contribution in [2.24, 2.45) is 17.3 Å². The van der Waals surface area contributed by atoms with Crippen molar-refractivity contribution in [2.45, 2.75) is 48.9 Å². The van der Waals surface area contributed by atoms with Crippen molar-refractivity contribution in [3.05, 3.63) is 35.9 Å². The van der Waals surface area contributed by atoms with Gasteiger partial charge in [0.15, 0.2) is 0 Å². The van der Waals surface area contributed by atoms with E-state index < -0.39 is 0 Å². The third-order valence-electron chi connectivity index (χ3n) is 6.74. The molecule has 0 aliphatic heterocycles. The average Bonchev–Trinajstić information content (AvgIpc) is 2.53. The summed E-state index contributed by atoms with van der Waals surface area (Å²) in [7, 11) is 4.17. The van der Waals surface area contributed by atoms with Crippen LogP contribution in [0.1, 0.15) is 50.1 Å². The highest BCUT2D eigenvalue weighted by atomic mass is 79.9. The molecule has 0 radical (unpaired) electrons. The van der Waals surface area contributed by atoms with E-state index in [1.54, 1.807) is 0 Å². The Morgan fingerprint density at radius 3 is 2.40 bits per heavy atom. The van der Waals surface area contributed by atoms with Crippen LogP contribution in [0.5, 0.6) is 0 Å². The topological polar surface area (TPSA) is 32.3 Å². The van der Waals surface area contributed by atoms with E-state index in [2.05, 4.69) is 64.5 Å². The summed E-state index contributed by atoms with van der Waals surface area (Å²) in [5.41, 5.74) is 1.14. The summed E-state index contributed by atoms with van der Waals surface area (Å²) in [5, 5.41) is 3.34. The molecule has 4 aliphatic rings. The Morgan fingerprint density at radius 1 is 1.20 bits per heavy atom. The summed E-state index contributed by atoms with van der Waals surface area (Å²) in [4.78, 5) is 15.4. The van der Waals surface area contributed by atoms with Gasteiger partial charge in [-0.1, -0.05) is 46.3 Å². The van der Waals surface area contributed by atoms with E-state index in [-0.39, 0.29) is 15.8 Å². The van der Waals surface area contributed by atoms with E-state index in [0.29, 0.717) is 12.5 Å². The van der Waals surface area contributed by atoms with Gasteiger partial charge in [0, 0.05) is 10.9 Å². The van der Waals surface area contributed by atoms with Crippen molar-refractivity contribution in [2.75, 3.05) is 20.6 Å². The molecule has 0 heterocycles. The van der Waals surface area contributed by atoms with Crippen molar-refractivity contribution in [3.63, 3.8) is 0 Å². The number of carbonyl (C=O) groups excluding carboxylic acids is 1. The largest absolute Gasteiger partial charge is 0.354 e. The number of hydrogen-bond donors (Lipinski definition) is 1. The monoisotopic (exact) mass is 404 g/mol. The Kier molecular flexibility index (Phi) is 4.48. The summed E-state index contributed by atoms with van der Waals surface area (Å²) < 4.78 is 0.231. The van der Waals surface area contributed by atoms with Gasteiger partial charge in [-0.2, -0.15) is 0 Å². The highest BCUT2D eigenvalue weighted by Crippen LogP contribution is 2.64. The number of benzene rings is 1. The van der Waals surface area contributed by atoms with E-state index in [4.69, 9.17) is 0 Å². The molecule has 136 valence electrons. The zero-order chi connectivity index (χ0) is 17.7. The lowest BCUT2D eigenvalue weighted by Gasteiger charge is -2.59. The minimum atomic E-state index is -0.124. The maximum Gasteiger partial charge on any atom is 0.226 e. The van der Waals surface area contributed by atoms with E-state index in [1.165, 1.54) is 24.8 Å². The molecule has 4 heteroatoms. The fourth-order valence-corrected chi connectivity index (χ4v) is 7.52. The van der Waals surface area contributed by atoms with Crippen LogP contribution in [0.4, 0.5) is 0 Å². The van der Waals surface area contributed by atoms with Gasteiger partial charge in [0.25, 0.3) is 0 Å². The molecule has 0 aromatic heterocycles. The first kappa shape index (κ1) is 17.5. The van der Waals surface area contributed by atoms with E-state index in [9.17, 15) is 4.79 Å². The molecule has 3 atom stereocenters. The molecular formula is C21H29BrN2O. The molecule has 3 nitrogen and oxygen atoms in total. The highest BCUT2D eigenvalue weighted by molar-refractivity contribution is 9.10. The van der Waals surface area contributed by atoms with Crippen LogP contribution < -0.4 is 5.32 Å². The number of nitrogens with zero attached hydrogens (tertiary/aromatic N) is 1. The molecule has 1 aromatic carbocycles. The second-order valence-electron chi connectivity index (χ2n) is 8.99. The van der Waals surface area contributed by atoms with Crippen LogP contribution in [0, 0.1) is 17.3 Å². The Balaban J connectivity index is 1.47. The smallest absolute Gasteiger partial charge is 0.226 e. The fraction of sp³-hybridized carbons (Fsp3) is 0.667. The molecule has 0 unspecified atom stereocenters. The predicted octanol–water partition coefficient (Wildman–Crippen LogP) is 4.14. The Labute approximate surface area is 159 Å². The van der Waals surface area contributed by atoms with Crippen molar-refractivity contribution < 1.29 is 4.79 Å². The lowest BCUT2D eigenvalue weighted by atomic mass is 9.49. The van der Waals surface area contributed by atoms with Crippen LogP contribution >= 0.6 is 15.9 Å². The molecule has 25 heavy (non-hydrogen) atoms. The molecule has 0 spiro atoms. The van der Waals surface area contributed by atoms with Crippen LogP contribution in [0.15, 0.2) is 30.3 Å². The maximum absolute atomic E-state index is 13.2. The Bertz CT molecular complexity index is 631. The van der Waals surface area contributed by atoms with Gasteiger partial charge >= 0.3 is 0 Å². The van der Waals surface area contributed by atoms with Crippen LogP contribution in [0.3, 0.4) is 0 Å². The Hall–Kier alpha value is -0.870. The molecule has 4 fully saturated rings. The second kappa shape index (κ2) is 6.38. The van der Waals surface area contributed by atoms with E-state index in [1.807, 2.05) is 6.07 Å². The van der Waals surface area contributed by atoms with Gasteiger partial charge < -0.3 is 10.2 Å². The highest BCUT2D eigenvalue weighted by Gasteiger charge is 2.59. The minimum absolute atomic E-state index is 0.124. The molecule has 1 aromatic rings. The van der Waals surface area contributed by atoms with Crippen LogP contribution in [-0.4, -0.2) is 35.8 Å². The number of nitrogens with one attached hydrogen (secondary N) is 1. The van der Waals surface area contributed by atoms with Gasteiger partial charge in [0.2, 0.25) is 5.91 Å². The number of rotatable bonds is 5. The lowest BCUT2D eigenvalue weighted by molar-refractivity contribution is -0.144. The number of alkyl halides is 1. The number of carbonyl (C=O) groups is 1. The Morgan fingerprint density at radius 2 is 1.84 bits per heavy atom. The molecule has 1 amide bonds. The molecule has 1 N–H and O–H groups in total. The molecule has 4 bridgehead atoms. The summed E-state index contributed by atoms with van der Waals surface area (Å²) in [6, 6.07) is 10.7. The van der Waals surface area contributed by atoms with Gasteiger partial charge in [-0.05, 0) is 70.0 Å². The molecule has 5 rings (SSSR count). The number of likely N-dealkylation sites (N-methyl/N-ethyl adjacent to an activating group) is 1. The third kappa shape index (κ3) is 3.28. The number of halogens is 1. The van der Waals surface area contributed by atoms with Crippen LogP contribution in [0.2, 0.25) is 0 Å². The summed E-state index contributed by atoms with van der Waals surface area (Å²) >= 11 is 4.01. The second-order valence-corrected chi connectivity index (χ2v) is 10.7. The van der Waals surface area contributed by atoms with Crippen molar-refractivity contribution >= 4 is 21.8 Å². The molecular weight excluding hydrogens is 376 g/mol. The molecule has 4 saturated carbocycles. The lowest BCUT2D eigenvalue weighted by Crippen LogP contribution is -2.58. The number of hydrogen-bond acceptors (Lipinski definition) is 2. The first-order valence-corrected chi connectivity index (χ1v) is 10.4. The summed E-state index contributed by atoms with van der Waals surface area (Å²) in [6.45, 7) is 0.683. The van der Waals surface area contributed by atoms with Gasteiger partial charge in [0.1, 0.15) is 0 Å². The van der Waals surface area contributed by atoms with Crippen LogP contribution in [0.25, 0.3) is 0 Å². The van der Waals surface area contributed by atoms with Crippen molar-refractivity contribution in [3.8, 4) is 0 Å². The SMILES string of the molecule is CN(C)[C@H](CNC(=O)C12C[C@@H]3C[C@H](CC(Br)(C3)C1)C2)c1ccccc1. The first-order valence-electron chi connectivity index (χ1n) is 9.58. The standard InChI is InChI=1S/C21H29BrN2O/c1-24(2)18(17-6-4-3-5-7-17)13-23-19(25)20-9-15-8-16(10-20)12-21(22,11-15)14-20/h3-7,15-16,18H,8-14H2,1-2H3,(H,23,25)/t15-,16-,18+,20?,21?/m0/s1. The quantitative estimate of drug-likeness (QED) is 0.747. The molecule has 0 saturated heterocycles.